The fourth-order valence-corrected chi connectivity index (χ4v) is 3.59. The number of hydrogen-bond acceptors (Lipinski definition) is 4. The van der Waals surface area contributed by atoms with Crippen LogP contribution in [-0.4, -0.2) is 13.4 Å². The maximum atomic E-state index is 12.5. The third kappa shape index (κ3) is 3.13. The summed E-state index contributed by atoms with van der Waals surface area (Å²) in [7, 11) is -3.63. The third-order valence-electron chi connectivity index (χ3n) is 3.80. The Morgan fingerprint density at radius 3 is 2.52 bits per heavy atom. The lowest BCUT2D eigenvalue weighted by atomic mass is 10.1. The molecule has 120 valence electrons. The Bertz CT molecular complexity index is 928. The molecule has 6 heteroatoms. The molecular weight excluding hydrogens is 312 g/mol. The summed E-state index contributed by atoms with van der Waals surface area (Å²) < 4.78 is 33.3. The van der Waals surface area contributed by atoms with Gasteiger partial charge in [-0.1, -0.05) is 18.2 Å². The summed E-state index contributed by atoms with van der Waals surface area (Å²) in [5, 5.41) is 0. The molecule has 0 saturated carbocycles. The van der Waals surface area contributed by atoms with Crippen molar-refractivity contribution in [2.24, 2.45) is 0 Å². The van der Waals surface area contributed by atoms with E-state index >= 15 is 0 Å². The van der Waals surface area contributed by atoms with Gasteiger partial charge in [0.05, 0.1) is 10.9 Å². The van der Waals surface area contributed by atoms with Crippen molar-refractivity contribution in [2.75, 3.05) is 0 Å². The molecule has 0 spiro atoms. The van der Waals surface area contributed by atoms with Crippen LogP contribution in [0.3, 0.4) is 0 Å². The van der Waals surface area contributed by atoms with Gasteiger partial charge in [0.1, 0.15) is 5.52 Å². The highest BCUT2D eigenvalue weighted by Crippen LogP contribution is 2.22. The highest BCUT2D eigenvalue weighted by atomic mass is 32.2. The van der Waals surface area contributed by atoms with E-state index in [4.69, 9.17) is 4.42 Å². The van der Waals surface area contributed by atoms with Gasteiger partial charge < -0.3 is 4.42 Å². The van der Waals surface area contributed by atoms with Crippen LogP contribution in [0.25, 0.3) is 11.1 Å². The standard InChI is InChI=1S/C17H18N2O3S/c1-11-8-9-14(10-12(11)2)23(20,21)19-13(3)17-18-15-6-4-5-7-16(15)22-17/h4-10,13,19H,1-3H3. The van der Waals surface area contributed by atoms with Gasteiger partial charge in [0.25, 0.3) is 0 Å². The molecule has 0 bridgehead atoms. The van der Waals surface area contributed by atoms with Crippen molar-refractivity contribution < 1.29 is 12.8 Å². The van der Waals surface area contributed by atoms with E-state index in [2.05, 4.69) is 9.71 Å². The van der Waals surface area contributed by atoms with Gasteiger partial charge in [-0.25, -0.2) is 13.4 Å². The van der Waals surface area contributed by atoms with Crippen LogP contribution in [0.4, 0.5) is 0 Å². The number of oxazole rings is 1. The lowest BCUT2D eigenvalue weighted by molar-refractivity contribution is 0.467. The van der Waals surface area contributed by atoms with Gasteiger partial charge in [-0.2, -0.15) is 4.72 Å². The topological polar surface area (TPSA) is 72.2 Å². The van der Waals surface area contributed by atoms with Crippen LogP contribution in [-0.2, 0) is 10.0 Å². The first-order valence-electron chi connectivity index (χ1n) is 7.32. The van der Waals surface area contributed by atoms with Crippen molar-refractivity contribution in [1.82, 2.24) is 9.71 Å². The fourth-order valence-electron chi connectivity index (χ4n) is 2.31. The first-order valence-corrected chi connectivity index (χ1v) is 8.80. The van der Waals surface area contributed by atoms with Gasteiger partial charge >= 0.3 is 0 Å². The summed E-state index contributed by atoms with van der Waals surface area (Å²) in [6, 6.07) is 11.8. The highest BCUT2D eigenvalue weighted by molar-refractivity contribution is 7.89. The first kappa shape index (κ1) is 15.7. The second kappa shape index (κ2) is 5.79. The van der Waals surface area contributed by atoms with Gasteiger partial charge in [-0.05, 0) is 56.2 Å². The number of rotatable bonds is 4. The summed E-state index contributed by atoms with van der Waals surface area (Å²) in [5.74, 6) is 0.346. The molecule has 2 aromatic carbocycles. The number of sulfonamides is 1. The monoisotopic (exact) mass is 330 g/mol. The number of para-hydroxylation sites is 2. The van der Waals surface area contributed by atoms with Crippen LogP contribution < -0.4 is 4.72 Å². The number of aryl methyl sites for hydroxylation is 2. The van der Waals surface area contributed by atoms with Crippen LogP contribution in [0, 0.1) is 13.8 Å². The van der Waals surface area contributed by atoms with Crippen molar-refractivity contribution >= 4 is 21.1 Å². The minimum Gasteiger partial charge on any atom is -0.439 e. The molecule has 1 atom stereocenters. The molecule has 0 saturated heterocycles. The molecule has 0 fully saturated rings. The van der Waals surface area contributed by atoms with Gasteiger partial charge in [0.2, 0.25) is 15.9 Å². The maximum absolute atomic E-state index is 12.5. The normalized spacial score (nSPS) is 13.3. The summed E-state index contributed by atoms with van der Waals surface area (Å²) >= 11 is 0. The van der Waals surface area contributed by atoms with Crippen molar-refractivity contribution in [3.8, 4) is 0 Å². The number of nitrogens with zero attached hydrogens (tertiary/aromatic N) is 1. The number of nitrogens with one attached hydrogen (secondary N) is 1. The highest BCUT2D eigenvalue weighted by Gasteiger charge is 2.22. The molecule has 5 nitrogen and oxygen atoms in total. The molecule has 0 radical (unpaired) electrons. The summed E-state index contributed by atoms with van der Waals surface area (Å²) in [6.45, 7) is 5.54. The zero-order chi connectivity index (χ0) is 16.6. The average Bonchev–Trinajstić information content (AvgIpc) is 2.93. The quantitative estimate of drug-likeness (QED) is 0.795. The van der Waals surface area contributed by atoms with E-state index in [0.717, 1.165) is 11.1 Å². The van der Waals surface area contributed by atoms with Crippen molar-refractivity contribution in [1.29, 1.82) is 0 Å². The number of fused-ring (bicyclic) bond motifs is 1. The van der Waals surface area contributed by atoms with Crippen molar-refractivity contribution in [3.05, 3.63) is 59.5 Å². The lowest BCUT2D eigenvalue weighted by Gasteiger charge is -2.12. The molecule has 1 aromatic heterocycles. The minimum absolute atomic E-state index is 0.239. The summed E-state index contributed by atoms with van der Waals surface area (Å²) in [5.41, 5.74) is 3.33. The van der Waals surface area contributed by atoms with E-state index in [1.54, 1.807) is 31.2 Å². The second-order valence-corrected chi connectivity index (χ2v) is 7.32. The Labute approximate surface area is 135 Å². The van der Waals surface area contributed by atoms with Gasteiger partial charge in [0.15, 0.2) is 5.58 Å². The molecule has 0 aliphatic heterocycles. The van der Waals surface area contributed by atoms with E-state index in [1.165, 1.54) is 0 Å². The molecule has 3 aromatic rings. The minimum atomic E-state index is -3.63. The van der Waals surface area contributed by atoms with Gasteiger partial charge in [-0.3, -0.25) is 0 Å². The Balaban J connectivity index is 1.88. The van der Waals surface area contributed by atoms with E-state index in [0.29, 0.717) is 17.0 Å². The Morgan fingerprint density at radius 2 is 1.83 bits per heavy atom. The van der Waals surface area contributed by atoms with Crippen LogP contribution in [0.5, 0.6) is 0 Å². The van der Waals surface area contributed by atoms with Crippen LogP contribution in [0.15, 0.2) is 51.8 Å². The number of hydrogen-bond donors (Lipinski definition) is 1. The van der Waals surface area contributed by atoms with E-state index in [9.17, 15) is 8.42 Å². The largest absolute Gasteiger partial charge is 0.439 e. The Kier molecular flexibility index (Phi) is 3.95. The predicted molar refractivity (Wildman–Crippen MR) is 88.7 cm³/mol. The van der Waals surface area contributed by atoms with Crippen molar-refractivity contribution in [3.63, 3.8) is 0 Å². The molecule has 23 heavy (non-hydrogen) atoms. The molecule has 1 heterocycles. The summed E-state index contributed by atoms with van der Waals surface area (Å²) in [4.78, 5) is 4.57. The SMILES string of the molecule is Cc1ccc(S(=O)(=O)NC(C)c2nc3ccccc3o2)cc1C. The average molecular weight is 330 g/mol. The molecule has 1 N–H and O–H groups in total. The molecule has 0 aliphatic carbocycles. The van der Waals surface area contributed by atoms with Crippen LogP contribution in [0.1, 0.15) is 30.0 Å². The van der Waals surface area contributed by atoms with Gasteiger partial charge in [0, 0.05) is 0 Å². The third-order valence-corrected chi connectivity index (χ3v) is 5.34. The van der Waals surface area contributed by atoms with Crippen molar-refractivity contribution in [2.45, 2.75) is 31.7 Å². The molecule has 3 rings (SSSR count). The smallest absolute Gasteiger partial charge is 0.241 e. The zero-order valence-electron chi connectivity index (χ0n) is 13.2. The molecule has 0 aliphatic rings. The fraction of sp³-hybridized carbons (Fsp3) is 0.235. The lowest BCUT2D eigenvalue weighted by Crippen LogP contribution is -2.27. The Hall–Kier alpha value is -2.18. The van der Waals surface area contributed by atoms with Crippen LogP contribution in [0.2, 0.25) is 0 Å². The second-order valence-electron chi connectivity index (χ2n) is 5.61. The summed E-state index contributed by atoms with van der Waals surface area (Å²) in [6.07, 6.45) is 0. The van der Waals surface area contributed by atoms with E-state index < -0.39 is 16.1 Å². The molecule has 1 unspecified atom stereocenters. The van der Waals surface area contributed by atoms with Gasteiger partial charge in [-0.15, -0.1) is 0 Å². The van der Waals surface area contributed by atoms with Crippen LogP contribution >= 0.6 is 0 Å². The molecule has 0 amide bonds. The zero-order valence-corrected chi connectivity index (χ0v) is 14.0. The number of benzene rings is 2. The first-order chi connectivity index (χ1) is 10.9. The molecular formula is C17H18N2O3S. The Morgan fingerprint density at radius 1 is 1.09 bits per heavy atom. The van der Waals surface area contributed by atoms with E-state index in [-0.39, 0.29) is 4.90 Å². The predicted octanol–water partition coefficient (Wildman–Crippen LogP) is 3.48. The van der Waals surface area contributed by atoms with E-state index in [1.807, 2.05) is 32.0 Å². The number of aromatic nitrogens is 1. The maximum Gasteiger partial charge on any atom is 0.241 e.